The van der Waals surface area contributed by atoms with E-state index >= 15 is 0 Å². The zero-order chi connectivity index (χ0) is 14.8. The maximum atomic E-state index is 12.8. The van der Waals surface area contributed by atoms with Crippen LogP contribution in [0, 0.1) is 5.92 Å². The number of anilines is 1. The van der Waals surface area contributed by atoms with E-state index < -0.39 is 0 Å². The van der Waals surface area contributed by atoms with E-state index in [4.69, 9.17) is 5.73 Å². The highest BCUT2D eigenvalue weighted by atomic mass is 16.2. The summed E-state index contributed by atoms with van der Waals surface area (Å²) < 4.78 is 0. The molecule has 0 aliphatic heterocycles. The molecular weight excluding hydrogens is 260 g/mol. The van der Waals surface area contributed by atoms with E-state index in [1.54, 1.807) is 0 Å². The summed E-state index contributed by atoms with van der Waals surface area (Å²) in [6.07, 6.45) is 7.81. The molecule has 1 aromatic carbocycles. The maximum Gasteiger partial charge on any atom is 0.227 e. The van der Waals surface area contributed by atoms with Gasteiger partial charge in [-0.15, -0.1) is 0 Å². The van der Waals surface area contributed by atoms with Crippen molar-refractivity contribution in [3.8, 4) is 0 Å². The van der Waals surface area contributed by atoms with Crippen molar-refractivity contribution in [1.29, 1.82) is 0 Å². The summed E-state index contributed by atoms with van der Waals surface area (Å²) in [4.78, 5) is 15.0. The summed E-state index contributed by atoms with van der Waals surface area (Å²) >= 11 is 0. The van der Waals surface area contributed by atoms with Crippen LogP contribution in [0.25, 0.3) is 0 Å². The fraction of sp³-hybridized carbons (Fsp3) is 0.611. The number of carbonyl (C=O) groups is 1. The molecule has 1 amide bonds. The number of nitrogen functional groups attached to an aromatic ring is 1. The van der Waals surface area contributed by atoms with Crippen molar-refractivity contribution in [3.05, 3.63) is 29.8 Å². The van der Waals surface area contributed by atoms with Gasteiger partial charge in [-0.1, -0.05) is 19.1 Å². The van der Waals surface area contributed by atoms with Crippen molar-refractivity contribution >= 4 is 11.6 Å². The molecule has 0 aromatic heterocycles. The predicted molar refractivity (Wildman–Crippen MR) is 85.8 cm³/mol. The lowest BCUT2D eigenvalue weighted by Crippen LogP contribution is -2.44. The van der Waals surface area contributed by atoms with E-state index in [0.29, 0.717) is 24.4 Å². The van der Waals surface area contributed by atoms with E-state index in [9.17, 15) is 4.79 Å². The molecule has 0 spiro atoms. The van der Waals surface area contributed by atoms with Gasteiger partial charge in [-0.3, -0.25) is 4.79 Å². The summed E-state index contributed by atoms with van der Waals surface area (Å²) in [5, 5.41) is 0. The molecule has 3 rings (SSSR count). The molecule has 2 aliphatic rings. The first kappa shape index (κ1) is 14.4. The van der Waals surface area contributed by atoms with Crippen LogP contribution < -0.4 is 5.73 Å². The molecule has 0 atom stereocenters. The van der Waals surface area contributed by atoms with Gasteiger partial charge < -0.3 is 10.6 Å². The quantitative estimate of drug-likeness (QED) is 0.862. The lowest BCUT2D eigenvalue weighted by atomic mass is 9.86. The topological polar surface area (TPSA) is 46.3 Å². The second kappa shape index (κ2) is 6.08. The Morgan fingerprint density at radius 2 is 1.57 bits per heavy atom. The maximum absolute atomic E-state index is 12.8. The molecule has 0 saturated heterocycles. The van der Waals surface area contributed by atoms with Crippen LogP contribution in [-0.2, 0) is 11.2 Å². The van der Waals surface area contributed by atoms with Gasteiger partial charge in [0.05, 0.1) is 6.42 Å². The summed E-state index contributed by atoms with van der Waals surface area (Å²) in [5.41, 5.74) is 7.54. The molecule has 3 heteroatoms. The molecule has 1 aromatic rings. The van der Waals surface area contributed by atoms with Crippen molar-refractivity contribution in [3.63, 3.8) is 0 Å². The monoisotopic (exact) mass is 286 g/mol. The highest BCUT2D eigenvalue weighted by molar-refractivity contribution is 5.80. The van der Waals surface area contributed by atoms with Crippen LogP contribution in [0.15, 0.2) is 24.3 Å². The second-order valence-corrected chi connectivity index (χ2v) is 6.86. The number of nitrogens with zero attached hydrogens (tertiary/aromatic N) is 1. The van der Waals surface area contributed by atoms with Crippen molar-refractivity contribution in [1.82, 2.24) is 4.90 Å². The minimum absolute atomic E-state index is 0.307. The Hall–Kier alpha value is -1.51. The van der Waals surface area contributed by atoms with Gasteiger partial charge in [0.25, 0.3) is 0 Å². The van der Waals surface area contributed by atoms with E-state index in [0.717, 1.165) is 17.2 Å². The molecule has 3 nitrogen and oxygen atoms in total. The van der Waals surface area contributed by atoms with Crippen molar-refractivity contribution < 1.29 is 4.79 Å². The van der Waals surface area contributed by atoms with Crippen LogP contribution >= 0.6 is 0 Å². The average molecular weight is 286 g/mol. The van der Waals surface area contributed by atoms with Crippen LogP contribution in [-0.4, -0.2) is 22.9 Å². The van der Waals surface area contributed by atoms with Crippen LogP contribution in [0.2, 0.25) is 0 Å². The molecule has 21 heavy (non-hydrogen) atoms. The van der Waals surface area contributed by atoms with Gasteiger partial charge in [0, 0.05) is 17.8 Å². The second-order valence-electron chi connectivity index (χ2n) is 6.86. The summed E-state index contributed by atoms with van der Waals surface area (Å²) in [6, 6.07) is 8.71. The zero-order valence-corrected chi connectivity index (χ0v) is 12.9. The normalized spacial score (nSPS) is 25.6. The number of rotatable bonds is 4. The van der Waals surface area contributed by atoms with E-state index in [-0.39, 0.29) is 0 Å². The molecule has 2 N–H and O–H groups in total. The Bertz CT molecular complexity index is 484. The molecule has 2 fully saturated rings. The smallest absolute Gasteiger partial charge is 0.227 e. The molecule has 2 aliphatic carbocycles. The predicted octanol–water partition coefficient (Wildman–Crippen LogP) is 3.38. The van der Waals surface area contributed by atoms with E-state index in [2.05, 4.69) is 11.8 Å². The molecule has 0 radical (unpaired) electrons. The van der Waals surface area contributed by atoms with Crippen molar-refractivity contribution in [2.75, 3.05) is 5.73 Å². The van der Waals surface area contributed by atoms with Gasteiger partial charge in [-0.2, -0.15) is 0 Å². The van der Waals surface area contributed by atoms with Crippen LogP contribution in [0.1, 0.15) is 51.0 Å². The van der Waals surface area contributed by atoms with E-state index in [1.807, 2.05) is 24.3 Å². The lowest BCUT2D eigenvalue weighted by molar-refractivity contribution is -0.134. The van der Waals surface area contributed by atoms with Crippen LogP contribution in [0.3, 0.4) is 0 Å². The van der Waals surface area contributed by atoms with Crippen LogP contribution in [0.5, 0.6) is 0 Å². The van der Waals surface area contributed by atoms with Gasteiger partial charge in [-0.05, 0) is 62.1 Å². The summed E-state index contributed by atoms with van der Waals surface area (Å²) in [5.74, 6) is 1.14. The number of hydrogen-bond acceptors (Lipinski definition) is 2. The Morgan fingerprint density at radius 3 is 2.10 bits per heavy atom. The minimum atomic E-state index is 0.307. The number of nitrogens with two attached hydrogens (primary N) is 1. The number of carbonyl (C=O) groups excluding carboxylic acids is 1. The molecular formula is C18H26N2O. The number of hydrogen-bond donors (Lipinski definition) is 1. The average Bonchev–Trinajstić information content (AvgIpc) is 3.29. The van der Waals surface area contributed by atoms with Gasteiger partial charge in [0.15, 0.2) is 0 Å². The highest BCUT2D eigenvalue weighted by Crippen LogP contribution is 2.35. The van der Waals surface area contributed by atoms with Gasteiger partial charge >= 0.3 is 0 Å². The molecule has 0 unspecified atom stereocenters. The Labute approximate surface area is 127 Å². The third-order valence-electron chi connectivity index (χ3n) is 4.94. The minimum Gasteiger partial charge on any atom is -0.399 e. The largest absolute Gasteiger partial charge is 0.399 e. The fourth-order valence-corrected chi connectivity index (χ4v) is 3.48. The Balaban J connectivity index is 1.66. The molecule has 0 bridgehead atoms. The third-order valence-corrected chi connectivity index (χ3v) is 4.94. The van der Waals surface area contributed by atoms with Gasteiger partial charge in [0.2, 0.25) is 5.91 Å². The summed E-state index contributed by atoms with van der Waals surface area (Å²) in [7, 11) is 0. The fourth-order valence-electron chi connectivity index (χ4n) is 3.48. The van der Waals surface area contributed by atoms with Crippen LogP contribution in [0.4, 0.5) is 5.69 Å². The molecule has 0 heterocycles. The van der Waals surface area contributed by atoms with Crippen molar-refractivity contribution in [2.24, 2.45) is 5.92 Å². The standard InChI is InChI=1S/C18H26N2O/c1-13-2-8-16(9-3-13)20(17-10-11-17)18(21)12-14-4-6-15(19)7-5-14/h4-7,13,16-17H,2-3,8-12,19H2,1H3. The molecule has 114 valence electrons. The lowest BCUT2D eigenvalue weighted by Gasteiger charge is -2.36. The zero-order valence-electron chi connectivity index (χ0n) is 12.9. The van der Waals surface area contributed by atoms with E-state index in [1.165, 1.54) is 38.5 Å². The summed E-state index contributed by atoms with van der Waals surface area (Å²) in [6.45, 7) is 2.33. The third kappa shape index (κ3) is 3.58. The Kier molecular flexibility index (Phi) is 4.18. The highest BCUT2D eigenvalue weighted by Gasteiger charge is 2.38. The van der Waals surface area contributed by atoms with Crippen molar-refractivity contribution in [2.45, 2.75) is 64.0 Å². The number of amides is 1. The van der Waals surface area contributed by atoms with Gasteiger partial charge in [-0.25, -0.2) is 0 Å². The first-order valence-electron chi connectivity index (χ1n) is 8.29. The van der Waals surface area contributed by atoms with Gasteiger partial charge in [0.1, 0.15) is 0 Å². The Morgan fingerprint density at radius 1 is 1.05 bits per heavy atom. The SMILES string of the molecule is CC1CCC(N(C(=O)Cc2ccc(N)cc2)C2CC2)CC1. The number of benzene rings is 1. The first-order chi connectivity index (χ1) is 10.1. The first-order valence-corrected chi connectivity index (χ1v) is 8.29. The molecule has 2 saturated carbocycles.